The smallest absolute Gasteiger partial charge is 0.306 e. The van der Waals surface area contributed by atoms with Crippen LogP contribution in [0.3, 0.4) is 0 Å². The molecule has 6 atom stereocenters. The molecule has 2 unspecified atom stereocenters. The zero-order chi connectivity index (χ0) is 39.5. The maximum Gasteiger partial charge on any atom is 0.306 e. The van der Waals surface area contributed by atoms with Crippen molar-refractivity contribution in [2.75, 3.05) is 19.8 Å². The van der Waals surface area contributed by atoms with Gasteiger partial charge in [-0.1, -0.05) is 147 Å². The van der Waals surface area contributed by atoms with Gasteiger partial charge in [-0.2, -0.15) is 0 Å². The first-order valence-corrected chi connectivity index (χ1v) is 21.6. The second kappa shape index (κ2) is 35.3. The monoisotopic (exact) mass is 767 g/mol. The Balaban J connectivity index is 2.36. The summed E-state index contributed by atoms with van der Waals surface area (Å²) in [5, 5.41) is 40.0. The number of rotatable bonds is 35. The first-order valence-electron chi connectivity index (χ1n) is 21.6. The number of carbonyl (C=O) groups is 2. The summed E-state index contributed by atoms with van der Waals surface area (Å²) in [5.74, 6) is -0.830. The molecule has 1 rings (SSSR count). The van der Waals surface area contributed by atoms with Gasteiger partial charge in [0.2, 0.25) is 0 Å². The Morgan fingerprint density at radius 3 is 1.59 bits per heavy atom. The number of aliphatic hydroxyl groups excluding tert-OH is 4. The molecule has 54 heavy (non-hydrogen) atoms. The lowest BCUT2D eigenvalue weighted by Gasteiger charge is -2.39. The number of hydrogen-bond donors (Lipinski definition) is 4. The highest BCUT2D eigenvalue weighted by Gasteiger charge is 2.44. The molecular formula is C44H78O10. The van der Waals surface area contributed by atoms with Gasteiger partial charge in [0.15, 0.2) is 12.4 Å². The molecule has 314 valence electrons. The van der Waals surface area contributed by atoms with Crippen LogP contribution in [-0.2, 0) is 28.5 Å². The van der Waals surface area contributed by atoms with Gasteiger partial charge in [-0.15, -0.1) is 0 Å². The van der Waals surface area contributed by atoms with Crippen molar-refractivity contribution in [3.8, 4) is 0 Å². The normalized spacial score (nSPS) is 21.0. The van der Waals surface area contributed by atoms with Gasteiger partial charge in [0.1, 0.15) is 31.0 Å². The summed E-state index contributed by atoms with van der Waals surface area (Å²) in [6.45, 7) is 3.36. The first-order chi connectivity index (χ1) is 26.3. The molecule has 0 aromatic rings. The van der Waals surface area contributed by atoms with Crippen LogP contribution in [0.1, 0.15) is 174 Å². The number of ether oxygens (including phenoxy) is 4. The number of hydrogen-bond acceptors (Lipinski definition) is 10. The van der Waals surface area contributed by atoms with Crippen LogP contribution < -0.4 is 0 Å². The second-order valence-electron chi connectivity index (χ2n) is 14.8. The summed E-state index contributed by atoms with van der Waals surface area (Å²) >= 11 is 0. The standard InChI is InChI=1S/C44H78O10/c1-3-5-7-9-11-13-15-17-18-19-20-21-23-24-26-28-30-32-39(46)51-35-37(36-52-44-43(50)42(49)41(48)38(34-45)54-44)53-40(47)33-31-29-27-25-22-16-14-12-10-8-6-4-2/h11,13,17-18,20-21,37-38,41-45,48-50H,3-10,12,14-16,19,22-36H2,1-2H3/b13-11+,18-17+,21-20+/t37-,38-,41+,42?,43?,44-/m0/s1. The quantitative estimate of drug-likeness (QED) is 0.0280. The molecule has 10 nitrogen and oxygen atoms in total. The third-order valence-electron chi connectivity index (χ3n) is 9.78. The van der Waals surface area contributed by atoms with E-state index in [0.29, 0.717) is 12.8 Å². The van der Waals surface area contributed by atoms with Crippen molar-refractivity contribution in [3.05, 3.63) is 36.5 Å². The molecule has 0 bridgehead atoms. The summed E-state index contributed by atoms with van der Waals surface area (Å²) in [6.07, 6.45) is 31.5. The van der Waals surface area contributed by atoms with E-state index in [1.54, 1.807) is 0 Å². The predicted molar refractivity (Wildman–Crippen MR) is 215 cm³/mol. The van der Waals surface area contributed by atoms with Gasteiger partial charge in [-0.3, -0.25) is 9.59 Å². The molecule has 1 heterocycles. The number of esters is 2. The van der Waals surface area contributed by atoms with Crippen molar-refractivity contribution >= 4 is 11.9 Å². The SMILES string of the molecule is CCCCC/C=C/C/C=C/C/C=C/CCCCCCC(=O)OC[C@@H](CO[C@H]1O[C@@H](CO)[C@@H](O)C(O)C1O)OC(=O)CCCCCCCCCCCCCC. The van der Waals surface area contributed by atoms with Crippen LogP contribution in [0.4, 0.5) is 0 Å². The zero-order valence-corrected chi connectivity index (χ0v) is 34.0. The van der Waals surface area contributed by atoms with E-state index in [1.807, 2.05) is 0 Å². The molecule has 10 heteroatoms. The third kappa shape index (κ3) is 26.7. The largest absolute Gasteiger partial charge is 0.462 e. The molecule has 0 aromatic heterocycles. The minimum Gasteiger partial charge on any atom is -0.462 e. The Hall–Kier alpha value is -2.08. The van der Waals surface area contributed by atoms with Gasteiger partial charge in [0, 0.05) is 12.8 Å². The van der Waals surface area contributed by atoms with Crippen molar-refractivity contribution in [1.82, 2.24) is 0 Å². The van der Waals surface area contributed by atoms with E-state index in [-0.39, 0.29) is 26.1 Å². The maximum atomic E-state index is 12.7. The van der Waals surface area contributed by atoms with Gasteiger partial charge < -0.3 is 39.4 Å². The Bertz CT molecular complexity index is 980. The average Bonchev–Trinajstić information content (AvgIpc) is 3.17. The van der Waals surface area contributed by atoms with E-state index in [0.717, 1.165) is 57.8 Å². The fourth-order valence-corrected chi connectivity index (χ4v) is 6.31. The highest BCUT2D eigenvalue weighted by molar-refractivity contribution is 5.70. The molecule has 4 N–H and O–H groups in total. The summed E-state index contributed by atoms with van der Waals surface area (Å²) < 4.78 is 22.1. The van der Waals surface area contributed by atoms with E-state index in [9.17, 15) is 30.0 Å². The number of aliphatic hydroxyl groups is 4. The minimum absolute atomic E-state index is 0.227. The van der Waals surface area contributed by atoms with Crippen molar-refractivity contribution in [1.29, 1.82) is 0 Å². The van der Waals surface area contributed by atoms with Crippen LogP contribution in [0.2, 0.25) is 0 Å². The molecule has 0 aliphatic carbocycles. The number of unbranched alkanes of at least 4 members (excludes halogenated alkanes) is 18. The molecule has 0 aromatic carbocycles. The average molecular weight is 767 g/mol. The summed E-state index contributed by atoms with van der Waals surface area (Å²) in [5.41, 5.74) is 0. The fourth-order valence-electron chi connectivity index (χ4n) is 6.31. The molecule has 0 amide bonds. The van der Waals surface area contributed by atoms with E-state index < -0.39 is 55.4 Å². The molecule has 1 saturated heterocycles. The van der Waals surface area contributed by atoms with Crippen LogP contribution in [0, 0.1) is 0 Å². The first kappa shape index (κ1) is 49.9. The Morgan fingerprint density at radius 1 is 0.574 bits per heavy atom. The van der Waals surface area contributed by atoms with Crippen molar-refractivity contribution in [3.63, 3.8) is 0 Å². The number of allylic oxidation sites excluding steroid dienone is 6. The van der Waals surface area contributed by atoms with E-state index in [1.165, 1.54) is 77.0 Å². The topological polar surface area (TPSA) is 152 Å². The van der Waals surface area contributed by atoms with Crippen LogP contribution in [-0.4, -0.2) is 89.0 Å². The van der Waals surface area contributed by atoms with Crippen LogP contribution >= 0.6 is 0 Å². The highest BCUT2D eigenvalue weighted by Crippen LogP contribution is 2.22. The zero-order valence-electron chi connectivity index (χ0n) is 34.0. The van der Waals surface area contributed by atoms with E-state index in [4.69, 9.17) is 18.9 Å². The van der Waals surface area contributed by atoms with Gasteiger partial charge >= 0.3 is 11.9 Å². The molecule has 1 aliphatic rings. The lowest BCUT2D eigenvalue weighted by atomic mass is 9.99. The Labute approximate surface area is 327 Å². The molecular weight excluding hydrogens is 688 g/mol. The minimum atomic E-state index is -1.60. The highest BCUT2D eigenvalue weighted by atomic mass is 16.7. The van der Waals surface area contributed by atoms with Crippen LogP contribution in [0.15, 0.2) is 36.5 Å². The van der Waals surface area contributed by atoms with Gasteiger partial charge in [0.05, 0.1) is 13.2 Å². The summed E-state index contributed by atoms with van der Waals surface area (Å²) in [4.78, 5) is 25.3. The third-order valence-corrected chi connectivity index (χ3v) is 9.78. The van der Waals surface area contributed by atoms with E-state index in [2.05, 4.69) is 50.3 Å². The van der Waals surface area contributed by atoms with E-state index >= 15 is 0 Å². The summed E-state index contributed by atoms with van der Waals surface area (Å²) in [7, 11) is 0. The van der Waals surface area contributed by atoms with Crippen LogP contribution in [0.5, 0.6) is 0 Å². The van der Waals surface area contributed by atoms with Crippen molar-refractivity contribution in [2.24, 2.45) is 0 Å². The van der Waals surface area contributed by atoms with Gasteiger partial charge in [0.25, 0.3) is 0 Å². The lowest BCUT2D eigenvalue weighted by molar-refractivity contribution is -0.305. The predicted octanol–water partition coefficient (Wildman–Crippen LogP) is 8.72. The number of carbonyl (C=O) groups excluding carboxylic acids is 2. The van der Waals surface area contributed by atoms with Gasteiger partial charge in [-0.05, 0) is 51.4 Å². The molecule has 0 spiro atoms. The molecule has 1 fully saturated rings. The fraction of sp³-hybridized carbons (Fsp3) is 0.818. The Morgan fingerprint density at radius 2 is 1.04 bits per heavy atom. The van der Waals surface area contributed by atoms with Crippen molar-refractivity contribution < 1.29 is 49.0 Å². The van der Waals surface area contributed by atoms with Crippen molar-refractivity contribution in [2.45, 2.75) is 211 Å². The van der Waals surface area contributed by atoms with Crippen LogP contribution in [0.25, 0.3) is 0 Å². The second-order valence-corrected chi connectivity index (χ2v) is 14.8. The van der Waals surface area contributed by atoms with Gasteiger partial charge in [-0.25, -0.2) is 0 Å². The molecule has 0 radical (unpaired) electrons. The molecule has 1 aliphatic heterocycles. The maximum absolute atomic E-state index is 12.7. The lowest BCUT2D eigenvalue weighted by Crippen LogP contribution is -2.59. The molecule has 0 saturated carbocycles. The Kier molecular flexibility index (Phi) is 32.7. The summed E-state index contributed by atoms with van der Waals surface area (Å²) in [6, 6.07) is 0.